The number of nitrogens with zero attached hydrogens (tertiary/aromatic N) is 3. The minimum Gasteiger partial charge on any atom is -0.493 e. The van der Waals surface area contributed by atoms with Crippen molar-refractivity contribution in [3.8, 4) is 11.5 Å². The van der Waals surface area contributed by atoms with E-state index in [4.69, 9.17) is 14.2 Å². The quantitative estimate of drug-likeness (QED) is 0.404. The molecule has 2 fully saturated rings. The van der Waals surface area contributed by atoms with Gasteiger partial charge in [0.05, 0.1) is 30.1 Å². The van der Waals surface area contributed by atoms with E-state index >= 15 is 0 Å². The number of benzene rings is 2. The Hall–Kier alpha value is -3.09. The molecule has 2 aromatic carbocycles. The third kappa shape index (κ3) is 5.44. The van der Waals surface area contributed by atoms with E-state index in [1.807, 2.05) is 4.90 Å². The van der Waals surface area contributed by atoms with Crippen molar-refractivity contribution in [3.05, 3.63) is 46.5 Å². The lowest BCUT2D eigenvalue weighted by Gasteiger charge is -2.35. The lowest BCUT2D eigenvalue weighted by Crippen LogP contribution is -2.48. The number of piperazine rings is 1. The van der Waals surface area contributed by atoms with Crippen LogP contribution in [0.1, 0.15) is 12.8 Å². The van der Waals surface area contributed by atoms with Crippen molar-refractivity contribution in [2.45, 2.75) is 23.8 Å². The Morgan fingerprint density at radius 2 is 1.83 bits per heavy atom. The molecule has 11 nitrogen and oxygen atoms in total. The molecule has 2 aliphatic heterocycles. The molecule has 0 saturated carbocycles. The van der Waals surface area contributed by atoms with E-state index in [-0.39, 0.29) is 29.8 Å². The highest BCUT2D eigenvalue weighted by atomic mass is 32.2. The van der Waals surface area contributed by atoms with Gasteiger partial charge in [0.25, 0.3) is 5.69 Å². The number of methoxy groups -OCH3 is 2. The molecule has 1 atom stereocenters. The molecule has 1 N–H and O–H groups in total. The van der Waals surface area contributed by atoms with Crippen molar-refractivity contribution in [2.75, 3.05) is 63.8 Å². The van der Waals surface area contributed by atoms with E-state index in [9.17, 15) is 18.5 Å². The number of nitro benzene ring substituents is 1. The second kappa shape index (κ2) is 10.7. The number of nitro groups is 1. The van der Waals surface area contributed by atoms with Crippen LogP contribution in [-0.2, 0) is 14.8 Å². The largest absolute Gasteiger partial charge is 0.493 e. The maximum atomic E-state index is 13.2. The van der Waals surface area contributed by atoms with Crippen LogP contribution in [0.2, 0.25) is 0 Å². The number of ether oxygens (including phenoxy) is 3. The van der Waals surface area contributed by atoms with E-state index < -0.39 is 14.9 Å². The molecular formula is C23H30N4O7S. The second-order valence-electron chi connectivity index (χ2n) is 8.38. The smallest absolute Gasteiger partial charge is 0.292 e. The molecule has 0 radical (unpaired) electrons. The number of hydrogen-bond donors (Lipinski definition) is 1. The first-order valence-corrected chi connectivity index (χ1v) is 12.9. The average Bonchev–Trinajstić information content (AvgIpc) is 3.40. The Bertz CT molecular complexity index is 1160. The van der Waals surface area contributed by atoms with E-state index in [1.54, 1.807) is 18.2 Å². The molecule has 0 bridgehead atoms. The molecule has 2 saturated heterocycles. The van der Waals surface area contributed by atoms with Gasteiger partial charge in [-0.1, -0.05) is 0 Å². The van der Waals surface area contributed by atoms with Crippen molar-refractivity contribution in [2.24, 2.45) is 0 Å². The molecule has 190 valence electrons. The number of hydrogen-bond acceptors (Lipinski definition) is 9. The zero-order chi connectivity index (χ0) is 25.0. The van der Waals surface area contributed by atoms with Gasteiger partial charge >= 0.3 is 0 Å². The fraction of sp³-hybridized carbons (Fsp3) is 0.478. The summed E-state index contributed by atoms with van der Waals surface area (Å²) in [5, 5.41) is 14.7. The molecule has 4 rings (SSSR count). The van der Waals surface area contributed by atoms with Gasteiger partial charge < -0.3 is 24.4 Å². The molecule has 2 heterocycles. The van der Waals surface area contributed by atoms with Crippen LogP contribution in [0.5, 0.6) is 11.5 Å². The van der Waals surface area contributed by atoms with Gasteiger partial charge in [-0.2, -0.15) is 4.31 Å². The number of sulfonamides is 1. The predicted molar refractivity (Wildman–Crippen MR) is 131 cm³/mol. The van der Waals surface area contributed by atoms with E-state index in [0.717, 1.165) is 18.5 Å². The summed E-state index contributed by atoms with van der Waals surface area (Å²) >= 11 is 0. The first kappa shape index (κ1) is 25.0. The molecule has 0 spiro atoms. The van der Waals surface area contributed by atoms with E-state index in [1.165, 1.54) is 36.7 Å². The van der Waals surface area contributed by atoms with Crippen molar-refractivity contribution < 1.29 is 27.6 Å². The third-order valence-corrected chi connectivity index (χ3v) is 8.21. The first-order chi connectivity index (χ1) is 16.8. The summed E-state index contributed by atoms with van der Waals surface area (Å²) in [5.74, 6) is 0.805. The van der Waals surface area contributed by atoms with Gasteiger partial charge in [0.2, 0.25) is 10.0 Å². The fourth-order valence-electron chi connectivity index (χ4n) is 4.36. The van der Waals surface area contributed by atoms with Crippen LogP contribution < -0.4 is 19.7 Å². The maximum Gasteiger partial charge on any atom is 0.292 e. The SMILES string of the molecule is COc1ccc(S(=O)(=O)N2CCN(c3ccc([N+](=O)[O-])c(NC[C@H]4CCCO4)c3)CC2)cc1OC. The monoisotopic (exact) mass is 506 g/mol. The van der Waals surface area contributed by atoms with Crippen molar-refractivity contribution in [1.82, 2.24) is 4.31 Å². The van der Waals surface area contributed by atoms with Gasteiger partial charge in [-0.15, -0.1) is 0 Å². The zero-order valence-corrected chi connectivity index (χ0v) is 20.6. The highest BCUT2D eigenvalue weighted by Gasteiger charge is 2.30. The lowest BCUT2D eigenvalue weighted by atomic mass is 10.2. The number of anilines is 2. The summed E-state index contributed by atoms with van der Waals surface area (Å²) in [5.41, 5.74) is 1.23. The first-order valence-electron chi connectivity index (χ1n) is 11.4. The van der Waals surface area contributed by atoms with Gasteiger partial charge in [-0.3, -0.25) is 10.1 Å². The van der Waals surface area contributed by atoms with Crippen LogP contribution in [0.25, 0.3) is 0 Å². The average molecular weight is 507 g/mol. The second-order valence-corrected chi connectivity index (χ2v) is 10.3. The normalized spacial score (nSPS) is 18.9. The maximum absolute atomic E-state index is 13.2. The Morgan fingerprint density at radius 1 is 1.09 bits per heavy atom. The van der Waals surface area contributed by atoms with Gasteiger partial charge in [0.15, 0.2) is 11.5 Å². The van der Waals surface area contributed by atoms with Crippen LogP contribution in [0, 0.1) is 10.1 Å². The Balaban J connectivity index is 1.46. The molecule has 2 aromatic rings. The highest BCUT2D eigenvalue weighted by molar-refractivity contribution is 7.89. The van der Waals surface area contributed by atoms with Crippen molar-refractivity contribution >= 4 is 27.1 Å². The minimum absolute atomic E-state index is 0.00131. The highest BCUT2D eigenvalue weighted by Crippen LogP contribution is 2.33. The topological polar surface area (TPSA) is 123 Å². The Labute approximate surface area is 204 Å². The van der Waals surface area contributed by atoms with Crippen LogP contribution in [0.4, 0.5) is 17.1 Å². The summed E-state index contributed by atoms with van der Waals surface area (Å²) in [6, 6.07) is 9.48. The van der Waals surface area contributed by atoms with E-state index in [2.05, 4.69) is 5.32 Å². The van der Waals surface area contributed by atoms with Crippen molar-refractivity contribution in [3.63, 3.8) is 0 Å². The van der Waals surface area contributed by atoms with Gasteiger partial charge in [-0.25, -0.2) is 8.42 Å². The minimum atomic E-state index is -3.71. The zero-order valence-electron chi connectivity index (χ0n) is 19.8. The van der Waals surface area contributed by atoms with E-state index in [0.29, 0.717) is 43.4 Å². The summed E-state index contributed by atoms with van der Waals surface area (Å²) < 4.78 is 43.9. The molecule has 0 amide bonds. The molecule has 0 unspecified atom stereocenters. The third-order valence-electron chi connectivity index (χ3n) is 6.32. The van der Waals surface area contributed by atoms with Crippen LogP contribution in [0.15, 0.2) is 41.3 Å². The lowest BCUT2D eigenvalue weighted by molar-refractivity contribution is -0.383. The van der Waals surface area contributed by atoms with Crippen LogP contribution in [-0.4, -0.2) is 77.3 Å². The molecular weight excluding hydrogens is 476 g/mol. The molecule has 0 aromatic heterocycles. The molecule has 35 heavy (non-hydrogen) atoms. The number of rotatable bonds is 9. The summed E-state index contributed by atoms with van der Waals surface area (Å²) in [6.45, 7) is 2.69. The summed E-state index contributed by atoms with van der Waals surface area (Å²) in [4.78, 5) is 13.3. The predicted octanol–water partition coefficient (Wildman–Crippen LogP) is 2.71. The number of nitrogens with one attached hydrogen (secondary N) is 1. The fourth-order valence-corrected chi connectivity index (χ4v) is 5.80. The summed E-state index contributed by atoms with van der Waals surface area (Å²) in [7, 11) is -0.761. The van der Waals surface area contributed by atoms with Crippen LogP contribution >= 0.6 is 0 Å². The Kier molecular flexibility index (Phi) is 7.63. The standard InChI is InChI=1S/C23H30N4O7S/c1-32-22-8-6-19(15-23(22)33-2)35(30,31)26-11-9-25(10-12-26)17-5-7-21(27(28)29)20(14-17)24-16-18-4-3-13-34-18/h5-8,14-15,18,24H,3-4,9-13,16H2,1-2H3/t18-/m1/s1. The molecule has 12 heteroatoms. The summed E-state index contributed by atoms with van der Waals surface area (Å²) in [6.07, 6.45) is 1.96. The van der Waals surface area contributed by atoms with Crippen LogP contribution in [0.3, 0.4) is 0 Å². The van der Waals surface area contributed by atoms with Crippen molar-refractivity contribution in [1.29, 1.82) is 0 Å². The van der Waals surface area contributed by atoms with Gasteiger partial charge in [0, 0.05) is 57.2 Å². The Morgan fingerprint density at radius 3 is 2.46 bits per heavy atom. The molecule has 0 aliphatic carbocycles. The van der Waals surface area contributed by atoms with Gasteiger partial charge in [0.1, 0.15) is 5.69 Å². The molecule has 2 aliphatic rings. The van der Waals surface area contributed by atoms with Gasteiger partial charge in [-0.05, 0) is 37.1 Å².